The second kappa shape index (κ2) is 4.31. The van der Waals surface area contributed by atoms with E-state index in [2.05, 4.69) is 35.2 Å². The molecule has 2 heterocycles. The van der Waals surface area contributed by atoms with E-state index in [0.29, 0.717) is 0 Å². The van der Waals surface area contributed by atoms with Crippen LogP contribution in [0.25, 0.3) is 11.0 Å². The molecule has 0 amide bonds. The fourth-order valence-electron chi connectivity index (χ4n) is 1.74. The number of aromatic nitrogens is 2. The fourth-order valence-corrected chi connectivity index (χ4v) is 1.97. The van der Waals surface area contributed by atoms with Gasteiger partial charge in [0.1, 0.15) is 10.3 Å². The number of aromatic amines is 1. The van der Waals surface area contributed by atoms with E-state index >= 15 is 0 Å². The summed E-state index contributed by atoms with van der Waals surface area (Å²) in [5, 5.41) is 4.27. The molecule has 0 aromatic carbocycles. The molecule has 0 aliphatic rings. The number of nitrogens with zero attached hydrogens (tertiary/aromatic N) is 1. The van der Waals surface area contributed by atoms with Crippen molar-refractivity contribution in [3.05, 3.63) is 33.6 Å². The number of pyridine rings is 2. The van der Waals surface area contributed by atoms with E-state index in [1.54, 1.807) is 0 Å². The predicted octanol–water partition coefficient (Wildman–Crippen LogP) is 2.63. The number of H-pyrrole nitrogens is 1. The molecule has 0 radical (unpaired) electrons. The van der Waals surface area contributed by atoms with Crippen LogP contribution in [0.1, 0.15) is 16.7 Å². The van der Waals surface area contributed by atoms with E-state index < -0.39 is 0 Å². The quantitative estimate of drug-likeness (QED) is 0.783. The highest BCUT2D eigenvalue weighted by Crippen LogP contribution is 2.19. The van der Waals surface area contributed by atoms with Crippen molar-refractivity contribution in [3.8, 4) is 0 Å². The van der Waals surface area contributed by atoms with Gasteiger partial charge >= 0.3 is 0 Å². The zero-order valence-corrected chi connectivity index (χ0v) is 10.5. The molecule has 0 saturated carbocycles. The van der Waals surface area contributed by atoms with Gasteiger partial charge in [-0.1, -0.05) is 12.2 Å². The van der Waals surface area contributed by atoms with Crippen LogP contribution in [0.5, 0.6) is 0 Å². The van der Waals surface area contributed by atoms with E-state index in [-0.39, 0.29) is 0 Å². The first-order valence-electron chi connectivity index (χ1n) is 5.26. The average molecular weight is 233 g/mol. The van der Waals surface area contributed by atoms with Crippen LogP contribution in [-0.4, -0.2) is 17.0 Å². The van der Waals surface area contributed by atoms with Crippen LogP contribution in [0.4, 0.5) is 0 Å². The standard InChI is InChI=1S/C12H15N3S/c1-7-5-14-11-10(8(7)2)4-9(6-13-3)12(16)15-11/h4-5,13H,6H2,1-3H3,(H,14,15,16). The van der Waals surface area contributed by atoms with Crippen molar-refractivity contribution in [2.75, 3.05) is 7.05 Å². The highest BCUT2D eigenvalue weighted by atomic mass is 32.1. The molecule has 16 heavy (non-hydrogen) atoms. The van der Waals surface area contributed by atoms with Gasteiger partial charge in [0.05, 0.1) is 0 Å². The molecule has 3 nitrogen and oxygen atoms in total. The van der Waals surface area contributed by atoms with Crippen molar-refractivity contribution in [3.63, 3.8) is 0 Å². The van der Waals surface area contributed by atoms with E-state index in [0.717, 1.165) is 27.8 Å². The number of hydrogen-bond donors (Lipinski definition) is 2. The lowest BCUT2D eigenvalue weighted by Crippen LogP contribution is -2.06. The van der Waals surface area contributed by atoms with Gasteiger partial charge in [0.25, 0.3) is 0 Å². The maximum atomic E-state index is 5.29. The maximum Gasteiger partial charge on any atom is 0.138 e. The number of fused-ring (bicyclic) bond motifs is 1. The van der Waals surface area contributed by atoms with Crippen molar-refractivity contribution in [1.82, 2.24) is 15.3 Å². The van der Waals surface area contributed by atoms with Crippen LogP contribution < -0.4 is 5.32 Å². The predicted molar refractivity (Wildman–Crippen MR) is 69.2 cm³/mol. The highest BCUT2D eigenvalue weighted by molar-refractivity contribution is 7.71. The smallest absolute Gasteiger partial charge is 0.138 e. The summed E-state index contributed by atoms with van der Waals surface area (Å²) in [6.07, 6.45) is 1.88. The Labute approximate surface area is 99.9 Å². The molecule has 2 aromatic heterocycles. The molecule has 84 valence electrons. The Balaban J connectivity index is 2.76. The fraction of sp³-hybridized carbons (Fsp3) is 0.333. The van der Waals surface area contributed by atoms with Crippen molar-refractivity contribution in [2.45, 2.75) is 20.4 Å². The molecule has 0 aliphatic carbocycles. The Morgan fingerprint density at radius 1 is 1.44 bits per heavy atom. The van der Waals surface area contributed by atoms with Crippen LogP contribution >= 0.6 is 12.2 Å². The van der Waals surface area contributed by atoms with Crippen LogP contribution in [-0.2, 0) is 6.54 Å². The third-order valence-corrected chi connectivity index (χ3v) is 3.21. The topological polar surface area (TPSA) is 40.7 Å². The van der Waals surface area contributed by atoms with Gasteiger partial charge in [-0.3, -0.25) is 0 Å². The van der Waals surface area contributed by atoms with E-state index in [1.807, 2.05) is 13.2 Å². The Morgan fingerprint density at radius 2 is 2.19 bits per heavy atom. The third kappa shape index (κ3) is 1.86. The Morgan fingerprint density at radius 3 is 2.88 bits per heavy atom. The number of aryl methyl sites for hydroxylation is 2. The monoisotopic (exact) mass is 233 g/mol. The van der Waals surface area contributed by atoms with Crippen molar-refractivity contribution < 1.29 is 0 Å². The lowest BCUT2D eigenvalue weighted by Gasteiger charge is -2.07. The molecule has 0 unspecified atom stereocenters. The second-order valence-electron chi connectivity index (χ2n) is 3.98. The molecule has 2 aromatic rings. The van der Waals surface area contributed by atoms with Gasteiger partial charge in [-0.2, -0.15) is 0 Å². The zero-order valence-electron chi connectivity index (χ0n) is 9.72. The summed E-state index contributed by atoms with van der Waals surface area (Å²) in [5.74, 6) is 0. The Kier molecular flexibility index (Phi) is 3.03. The minimum Gasteiger partial charge on any atom is -0.331 e. The number of hydrogen-bond acceptors (Lipinski definition) is 3. The van der Waals surface area contributed by atoms with Crippen LogP contribution in [0.15, 0.2) is 12.3 Å². The molecule has 4 heteroatoms. The van der Waals surface area contributed by atoms with Crippen LogP contribution in [0.2, 0.25) is 0 Å². The first-order valence-corrected chi connectivity index (χ1v) is 5.67. The van der Waals surface area contributed by atoms with Gasteiger partial charge in [-0.25, -0.2) is 4.98 Å². The molecule has 0 bridgehead atoms. The molecule has 0 spiro atoms. The largest absolute Gasteiger partial charge is 0.331 e. The van der Waals surface area contributed by atoms with Gasteiger partial charge < -0.3 is 10.3 Å². The van der Waals surface area contributed by atoms with Gasteiger partial charge in [-0.05, 0) is 38.1 Å². The average Bonchev–Trinajstić information content (AvgIpc) is 2.26. The molecule has 0 atom stereocenters. The van der Waals surface area contributed by atoms with Crippen LogP contribution in [0, 0.1) is 18.5 Å². The summed E-state index contributed by atoms with van der Waals surface area (Å²) < 4.78 is 0.762. The summed E-state index contributed by atoms with van der Waals surface area (Å²) in [4.78, 5) is 7.54. The molecule has 2 N–H and O–H groups in total. The summed E-state index contributed by atoms with van der Waals surface area (Å²) in [5.41, 5.74) is 4.44. The molecule has 0 saturated heterocycles. The van der Waals surface area contributed by atoms with Crippen molar-refractivity contribution >= 4 is 23.3 Å². The van der Waals surface area contributed by atoms with Crippen molar-refractivity contribution in [1.29, 1.82) is 0 Å². The molecule has 2 rings (SSSR count). The summed E-state index contributed by atoms with van der Waals surface area (Å²) in [7, 11) is 1.92. The first kappa shape index (κ1) is 11.2. The van der Waals surface area contributed by atoms with Crippen LogP contribution in [0.3, 0.4) is 0 Å². The van der Waals surface area contributed by atoms with E-state index in [4.69, 9.17) is 12.2 Å². The number of rotatable bonds is 2. The molecule has 0 aliphatic heterocycles. The summed E-state index contributed by atoms with van der Waals surface area (Å²) in [6, 6.07) is 2.12. The minimum atomic E-state index is 0.762. The van der Waals surface area contributed by atoms with Crippen molar-refractivity contribution in [2.24, 2.45) is 0 Å². The maximum absolute atomic E-state index is 5.29. The van der Waals surface area contributed by atoms with E-state index in [9.17, 15) is 0 Å². The molecular weight excluding hydrogens is 218 g/mol. The Bertz CT molecular complexity index is 587. The summed E-state index contributed by atoms with van der Waals surface area (Å²) in [6.45, 7) is 4.96. The molecular formula is C12H15N3S. The number of nitrogens with one attached hydrogen (secondary N) is 2. The van der Waals surface area contributed by atoms with Gasteiger partial charge in [0, 0.05) is 23.7 Å². The van der Waals surface area contributed by atoms with Gasteiger partial charge in [-0.15, -0.1) is 0 Å². The summed E-state index contributed by atoms with van der Waals surface area (Å²) >= 11 is 5.29. The lowest BCUT2D eigenvalue weighted by molar-refractivity contribution is 0.812. The zero-order chi connectivity index (χ0) is 11.7. The normalized spacial score (nSPS) is 10.9. The lowest BCUT2D eigenvalue weighted by atomic mass is 10.1. The minimum absolute atomic E-state index is 0.762. The Hall–Kier alpha value is -1.26. The highest BCUT2D eigenvalue weighted by Gasteiger charge is 2.04. The van der Waals surface area contributed by atoms with E-state index in [1.165, 1.54) is 11.1 Å². The first-order chi connectivity index (χ1) is 7.63. The second-order valence-corrected chi connectivity index (χ2v) is 4.39. The van der Waals surface area contributed by atoms with Gasteiger partial charge in [0.2, 0.25) is 0 Å². The van der Waals surface area contributed by atoms with Gasteiger partial charge in [0.15, 0.2) is 0 Å². The molecule has 0 fully saturated rings. The SMILES string of the molecule is CNCc1cc2c(C)c(C)cnc2[nH]c1=S. The third-order valence-electron chi connectivity index (χ3n) is 2.85.